The van der Waals surface area contributed by atoms with E-state index in [1.165, 1.54) is 46.2 Å². The van der Waals surface area contributed by atoms with Gasteiger partial charge in [0.2, 0.25) is 0 Å². The number of hydrogen-bond donors (Lipinski definition) is 0. The fourth-order valence-corrected chi connectivity index (χ4v) is 3.59. The van der Waals surface area contributed by atoms with Crippen LogP contribution in [0.5, 0.6) is 0 Å². The molecule has 0 aliphatic carbocycles. The molecule has 0 atom stereocenters. The Kier molecular flexibility index (Phi) is 4.66. The molecule has 2 aromatic carbocycles. The third-order valence-electron chi connectivity index (χ3n) is 5.10. The van der Waals surface area contributed by atoms with Gasteiger partial charge in [0.25, 0.3) is 6.33 Å². The summed E-state index contributed by atoms with van der Waals surface area (Å²) in [7, 11) is 2.09. The first-order chi connectivity index (χ1) is 11.5. The van der Waals surface area contributed by atoms with Crippen molar-refractivity contribution in [3.63, 3.8) is 0 Å². The minimum atomic E-state index is 0.617. The average molecular weight is 319 g/mol. The van der Waals surface area contributed by atoms with Gasteiger partial charge in [-0.2, -0.15) is 0 Å². The van der Waals surface area contributed by atoms with Gasteiger partial charge in [-0.3, -0.25) is 0 Å². The molecule has 0 unspecified atom stereocenters. The molecule has 0 aliphatic heterocycles. The topological polar surface area (TPSA) is 16.8 Å². The van der Waals surface area contributed by atoms with Crippen LogP contribution >= 0.6 is 0 Å². The third kappa shape index (κ3) is 2.93. The summed E-state index contributed by atoms with van der Waals surface area (Å²) in [5.41, 5.74) is 7.64. The summed E-state index contributed by atoms with van der Waals surface area (Å²) >= 11 is 0. The molecule has 0 radical (unpaired) electrons. The maximum Gasteiger partial charge on any atom is 0.287 e. The summed E-state index contributed by atoms with van der Waals surface area (Å²) < 4.78 is 2.15. The van der Waals surface area contributed by atoms with E-state index in [4.69, 9.17) is 0 Å². The van der Waals surface area contributed by atoms with Gasteiger partial charge in [0.1, 0.15) is 5.69 Å². The van der Waals surface area contributed by atoms with Crippen molar-refractivity contribution in [2.45, 2.75) is 46.5 Å². The fourth-order valence-electron chi connectivity index (χ4n) is 3.59. The smallest absolute Gasteiger partial charge is 0.232 e. The number of rotatable bonds is 4. The molecule has 2 heteroatoms. The summed E-state index contributed by atoms with van der Waals surface area (Å²) in [6, 6.07) is 13.5. The highest BCUT2D eigenvalue weighted by molar-refractivity contribution is 5.91. The predicted molar refractivity (Wildman–Crippen MR) is 101 cm³/mol. The molecule has 0 spiro atoms. The van der Waals surface area contributed by atoms with E-state index in [9.17, 15) is 0 Å². The first-order valence-electron chi connectivity index (χ1n) is 8.91. The quantitative estimate of drug-likeness (QED) is 0.600. The standard InChI is InChI=1S/C22H27N2/c1-6-17(7-2)18-10-11-21-20(13-18)22(24(5)14-23-21)19-12-15(3)8-9-16(19)4/h8-14,17H,6-7H2,1-5H3/q+1. The van der Waals surface area contributed by atoms with Gasteiger partial charge < -0.3 is 0 Å². The van der Waals surface area contributed by atoms with E-state index in [1.54, 1.807) is 0 Å². The van der Waals surface area contributed by atoms with Crippen LogP contribution < -0.4 is 4.57 Å². The number of aryl methyl sites for hydroxylation is 3. The molecule has 0 bridgehead atoms. The lowest BCUT2D eigenvalue weighted by Gasteiger charge is -2.14. The summed E-state index contributed by atoms with van der Waals surface area (Å²) in [5.74, 6) is 0.617. The maximum atomic E-state index is 4.63. The second-order valence-electron chi connectivity index (χ2n) is 6.81. The number of fused-ring (bicyclic) bond motifs is 1. The molecule has 0 amide bonds. The zero-order valence-corrected chi connectivity index (χ0v) is 15.4. The molecule has 3 aromatic rings. The van der Waals surface area contributed by atoms with Gasteiger partial charge in [-0.15, -0.1) is 0 Å². The Morgan fingerprint density at radius 2 is 1.75 bits per heavy atom. The van der Waals surface area contributed by atoms with Gasteiger partial charge in [0.05, 0.1) is 12.4 Å². The van der Waals surface area contributed by atoms with E-state index in [2.05, 4.69) is 80.7 Å². The van der Waals surface area contributed by atoms with Crippen LogP contribution in [0.25, 0.3) is 22.2 Å². The second-order valence-corrected chi connectivity index (χ2v) is 6.81. The van der Waals surface area contributed by atoms with Crippen LogP contribution in [0.1, 0.15) is 49.3 Å². The van der Waals surface area contributed by atoms with Crippen LogP contribution in [0, 0.1) is 13.8 Å². The largest absolute Gasteiger partial charge is 0.287 e. The van der Waals surface area contributed by atoms with Crippen molar-refractivity contribution in [1.29, 1.82) is 0 Å². The average Bonchev–Trinajstić information content (AvgIpc) is 2.58. The Hall–Kier alpha value is -2.22. The van der Waals surface area contributed by atoms with Crippen LogP contribution in [0.15, 0.2) is 42.7 Å². The molecular formula is C22H27N2+. The lowest BCUT2D eigenvalue weighted by atomic mass is 9.91. The van der Waals surface area contributed by atoms with Crippen LogP contribution in [0.2, 0.25) is 0 Å². The molecule has 124 valence electrons. The van der Waals surface area contributed by atoms with Crippen molar-refractivity contribution in [2.24, 2.45) is 7.05 Å². The highest BCUT2D eigenvalue weighted by atomic mass is 15.0. The Labute approximate surface area is 145 Å². The van der Waals surface area contributed by atoms with Crippen LogP contribution in [-0.2, 0) is 7.05 Å². The molecule has 0 saturated carbocycles. The molecular weight excluding hydrogens is 292 g/mol. The normalized spacial score (nSPS) is 11.4. The van der Waals surface area contributed by atoms with Crippen LogP contribution in [-0.4, -0.2) is 4.98 Å². The monoisotopic (exact) mass is 319 g/mol. The molecule has 0 fully saturated rings. The van der Waals surface area contributed by atoms with Gasteiger partial charge in [-0.25, -0.2) is 4.57 Å². The molecule has 1 aromatic heterocycles. The summed E-state index contributed by atoms with van der Waals surface area (Å²) in [4.78, 5) is 4.63. The van der Waals surface area contributed by atoms with Crippen molar-refractivity contribution >= 4 is 10.9 Å². The Bertz CT molecular complexity index is 877. The zero-order valence-electron chi connectivity index (χ0n) is 15.4. The fraction of sp³-hybridized carbons (Fsp3) is 0.364. The molecule has 0 saturated heterocycles. The van der Waals surface area contributed by atoms with E-state index in [0.717, 1.165) is 5.52 Å². The molecule has 1 heterocycles. The van der Waals surface area contributed by atoms with Crippen molar-refractivity contribution in [2.75, 3.05) is 0 Å². The molecule has 3 rings (SSSR count). The zero-order chi connectivity index (χ0) is 17.3. The van der Waals surface area contributed by atoms with Gasteiger partial charge in [-0.05, 0) is 66.9 Å². The van der Waals surface area contributed by atoms with Gasteiger partial charge in [0.15, 0.2) is 5.52 Å². The van der Waals surface area contributed by atoms with Crippen molar-refractivity contribution in [1.82, 2.24) is 4.98 Å². The van der Waals surface area contributed by atoms with Crippen molar-refractivity contribution < 1.29 is 4.57 Å². The molecule has 24 heavy (non-hydrogen) atoms. The Morgan fingerprint density at radius 1 is 1.00 bits per heavy atom. The number of nitrogens with zero attached hydrogens (tertiary/aromatic N) is 2. The first kappa shape index (κ1) is 16.6. The highest BCUT2D eigenvalue weighted by Gasteiger charge is 2.18. The lowest BCUT2D eigenvalue weighted by molar-refractivity contribution is -0.662. The lowest BCUT2D eigenvalue weighted by Crippen LogP contribution is -2.32. The van der Waals surface area contributed by atoms with E-state index in [0.29, 0.717) is 5.92 Å². The number of hydrogen-bond acceptors (Lipinski definition) is 1. The maximum absolute atomic E-state index is 4.63. The van der Waals surface area contributed by atoms with E-state index >= 15 is 0 Å². The van der Waals surface area contributed by atoms with E-state index < -0.39 is 0 Å². The molecule has 0 aliphatic rings. The van der Waals surface area contributed by atoms with E-state index in [-0.39, 0.29) is 0 Å². The number of benzene rings is 2. The minimum Gasteiger partial charge on any atom is -0.232 e. The summed E-state index contributed by atoms with van der Waals surface area (Å²) in [6.45, 7) is 8.88. The van der Waals surface area contributed by atoms with Gasteiger partial charge >= 0.3 is 0 Å². The van der Waals surface area contributed by atoms with Gasteiger partial charge in [-0.1, -0.05) is 37.6 Å². The summed E-state index contributed by atoms with van der Waals surface area (Å²) in [6.07, 6.45) is 4.27. The highest BCUT2D eigenvalue weighted by Crippen LogP contribution is 2.31. The molecule has 2 nitrogen and oxygen atoms in total. The number of aromatic nitrogens is 2. The Morgan fingerprint density at radius 3 is 2.46 bits per heavy atom. The second kappa shape index (κ2) is 6.72. The van der Waals surface area contributed by atoms with Gasteiger partial charge in [0, 0.05) is 5.56 Å². The minimum absolute atomic E-state index is 0.617. The van der Waals surface area contributed by atoms with Crippen molar-refractivity contribution in [3.05, 3.63) is 59.4 Å². The SMILES string of the molecule is CCC(CC)c1ccc2nc[n+](C)c(-c3cc(C)ccc3C)c2c1. The first-order valence-corrected chi connectivity index (χ1v) is 8.91. The van der Waals surface area contributed by atoms with Crippen LogP contribution in [0.4, 0.5) is 0 Å². The third-order valence-corrected chi connectivity index (χ3v) is 5.10. The van der Waals surface area contributed by atoms with Crippen molar-refractivity contribution in [3.8, 4) is 11.3 Å². The molecule has 0 N–H and O–H groups in total. The predicted octanol–water partition coefficient (Wildman–Crippen LogP) is 5.25. The van der Waals surface area contributed by atoms with Crippen LogP contribution in [0.3, 0.4) is 0 Å². The van der Waals surface area contributed by atoms with E-state index in [1.807, 2.05) is 6.33 Å². The summed E-state index contributed by atoms with van der Waals surface area (Å²) in [5, 5.41) is 1.25. The Balaban J connectivity index is 2.31.